The fourth-order valence-corrected chi connectivity index (χ4v) is 3.19. The molecule has 0 fully saturated rings. The van der Waals surface area contributed by atoms with E-state index in [1.54, 1.807) is 0 Å². The molecule has 2 aromatic rings. The second-order valence-electron chi connectivity index (χ2n) is 6.09. The summed E-state index contributed by atoms with van der Waals surface area (Å²) in [5, 5.41) is 0. The Bertz CT molecular complexity index is 605. The van der Waals surface area contributed by atoms with Crippen molar-refractivity contribution in [3.63, 3.8) is 0 Å². The van der Waals surface area contributed by atoms with E-state index < -0.39 is 0 Å². The van der Waals surface area contributed by atoms with Crippen LogP contribution in [0.15, 0.2) is 53.4 Å². The van der Waals surface area contributed by atoms with Crippen molar-refractivity contribution in [2.45, 2.75) is 45.9 Å². The predicted molar refractivity (Wildman–Crippen MR) is 111 cm³/mol. The molecule has 3 heteroatoms. The van der Waals surface area contributed by atoms with Gasteiger partial charge in [-0.3, -0.25) is 0 Å². The van der Waals surface area contributed by atoms with Gasteiger partial charge in [-0.15, -0.1) is 11.8 Å². The Morgan fingerprint density at radius 1 is 0.917 bits per heavy atom. The van der Waals surface area contributed by atoms with Crippen LogP contribution >= 0.6 is 11.8 Å². The van der Waals surface area contributed by atoms with Crippen molar-refractivity contribution in [3.05, 3.63) is 59.7 Å². The van der Waals surface area contributed by atoms with Crippen LogP contribution in [0.2, 0.25) is 6.32 Å². The highest BCUT2D eigenvalue weighted by Crippen LogP contribution is 2.21. The molecule has 125 valence electrons. The van der Waals surface area contributed by atoms with Crippen LogP contribution in [0.4, 0.5) is 0 Å². The summed E-state index contributed by atoms with van der Waals surface area (Å²) in [4.78, 5) is 4.21. The minimum Gasteiger partial charge on any atom is -0.350 e. The van der Waals surface area contributed by atoms with E-state index in [9.17, 15) is 0 Å². The van der Waals surface area contributed by atoms with Crippen molar-refractivity contribution in [1.29, 1.82) is 0 Å². The number of hydrogen-bond donors (Lipinski definition) is 0. The second-order valence-corrected chi connectivity index (χ2v) is 7.04. The van der Waals surface area contributed by atoms with Gasteiger partial charge in [-0.2, -0.15) is 0 Å². The van der Waals surface area contributed by atoms with Crippen molar-refractivity contribution >= 4 is 24.7 Å². The fourth-order valence-electron chi connectivity index (χ4n) is 2.55. The highest BCUT2D eigenvalue weighted by atomic mass is 32.2. The molecule has 1 nitrogen and oxygen atoms in total. The SMILES string of the molecule is CC[B]N=CSCCCCCc1ccc(-c2ccc(C)cc2)cc1. The normalized spacial score (nSPS) is 11.1. The molecule has 2 rings (SSSR count). The summed E-state index contributed by atoms with van der Waals surface area (Å²) in [6.45, 7) is 4.23. The summed E-state index contributed by atoms with van der Waals surface area (Å²) in [6.07, 6.45) is 6.02. The Kier molecular flexibility index (Phi) is 8.76. The molecule has 0 spiro atoms. The van der Waals surface area contributed by atoms with E-state index in [0.29, 0.717) is 0 Å². The third-order valence-electron chi connectivity index (χ3n) is 3.99. The summed E-state index contributed by atoms with van der Waals surface area (Å²) in [6, 6.07) is 17.8. The van der Waals surface area contributed by atoms with E-state index in [4.69, 9.17) is 0 Å². The smallest absolute Gasteiger partial charge is 0.275 e. The Hall–Kier alpha value is -1.48. The number of rotatable bonds is 10. The van der Waals surface area contributed by atoms with E-state index in [0.717, 1.165) is 6.32 Å². The van der Waals surface area contributed by atoms with Crippen LogP contribution in [0.3, 0.4) is 0 Å². The van der Waals surface area contributed by atoms with Gasteiger partial charge in [-0.1, -0.05) is 73.8 Å². The first-order valence-electron chi connectivity index (χ1n) is 8.90. The molecule has 0 amide bonds. The molecule has 0 heterocycles. The van der Waals surface area contributed by atoms with Crippen molar-refractivity contribution in [2.75, 3.05) is 5.75 Å². The van der Waals surface area contributed by atoms with Crippen LogP contribution in [-0.2, 0) is 6.42 Å². The van der Waals surface area contributed by atoms with Gasteiger partial charge in [0.25, 0.3) is 7.41 Å². The maximum Gasteiger partial charge on any atom is 0.275 e. The number of unbranched alkanes of at least 4 members (excludes halogenated alkanes) is 2. The van der Waals surface area contributed by atoms with Crippen molar-refractivity contribution in [2.24, 2.45) is 4.90 Å². The maximum atomic E-state index is 4.21. The first-order chi connectivity index (χ1) is 11.8. The van der Waals surface area contributed by atoms with E-state index >= 15 is 0 Å². The van der Waals surface area contributed by atoms with Crippen molar-refractivity contribution < 1.29 is 0 Å². The minimum absolute atomic E-state index is 1.01. The Balaban J connectivity index is 1.66. The van der Waals surface area contributed by atoms with Crippen LogP contribution in [0.25, 0.3) is 11.1 Å². The molecule has 0 saturated carbocycles. The van der Waals surface area contributed by atoms with E-state index in [2.05, 4.69) is 67.3 Å². The van der Waals surface area contributed by atoms with Crippen LogP contribution in [0.1, 0.15) is 37.3 Å². The van der Waals surface area contributed by atoms with E-state index in [-0.39, 0.29) is 0 Å². The molecule has 0 atom stereocenters. The Morgan fingerprint density at radius 3 is 2.25 bits per heavy atom. The topological polar surface area (TPSA) is 12.4 Å². The number of aryl methyl sites for hydroxylation is 2. The van der Waals surface area contributed by atoms with Crippen molar-refractivity contribution in [3.8, 4) is 11.1 Å². The largest absolute Gasteiger partial charge is 0.350 e. The van der Waals surface area contributed by atoms with E-state index in [1.807, 2.05) is 24.7 Å². The standard InChI is InChI=1S/C21H27BNS/c1-3-22-23-17-24-16-6-4-5-7-19-10-14-21(15-11-19)20-12-8-18(2)9-13-20/h8-15,17H,3-7,16H2,1-2H3. The molecular weight excluding hydrogens is 309 g/mol. The molecule has 0 aromatic heterocycles. The van der Waals surface area contributed by atoms with Crippen LogP contribution < -0.4 is 0 Å². The van der Waals surface area contributed by atoms with Crippen molar-refractivity contribution in [1.82, 2.24) is 0 Å². The summed E-state index contributed by atoms with van der Waals surface area (Å²) < 4.78 is 0. The molecule has 0 saturated heterocycles. The van der Waals surface area contributed by atoms with Gasteiger partial charge < -0.3 is 4.90 Å². The Labute approximate surface area is 152 Å². The highest BCUT2D eigenvalue weighted by molar-refractivity contribution is 8.12. The van der Waals surface area contributed by atoms with Gasteiger partial charge >= 0.3 is 0 Å². The summed E-state index contributed by atoms with van der Waals surface area (Å²) in [7, 11) is 1.95. The molecule has 1 radical (unpaired) electrons. The maximum absolute atomic E-state index is 4.21. The van der Waals surface area contributed by atoms with Gasteiger partial charge in [0.15, 0.2) is 0 Å². The lowest BCUT2D eigenvalue weighted by Gasteiger charge is -2.05. The second kappa shape index (κ2) is 11.1. The van der Waals surface area contributed by atoms with Gasteiger partial charge in [0.2, 0.25) is 0 Å². The molecule has 0 unspecified atom stereocenters. The van der Waals surface area contributed by atoms with Gasteiger partial charge in [-0.25, -0.2) is 0 Å². The molecule has 0 bridgehead atoms. The predicted octanol–water partition coefficient (Wildman–Crippen LogP) is 6.19. The average Bonchev–Trinajstić information content (AvgIpc) is 2.62. The lowest BCUT2D eigenvalue weighted by atomic mass is 9.93. The zero-order chi connectivity index (χ0) is 17.0. The first kappa shape index (κ1) is 18.9. The number of thioether (sulfide) groups is 1. The van der Waals surface area contributed by atoms with Gasteiger partial charge in [0.05, 0.1) is 0 Å². The van der Waals surface area contributed by atoms with Crippen LogP contribution in [0.5, 0.6) is 0 Å². The van der Waals surface area contributed by atoms with Crippen LogP contribution in [-0.4, -0.2) is 18.7 Å². The molecule has 0 aliphatic heterocycles. The third-order valence-corrected chi connectivity index (χ3v) is 4.79. The summed E-state index contributed by atoms with van der Waals surface area (Å²) in [5.41, 5.74) is 7.32. The quantitative estimate of drug-likeness (QED) is 0.218. The molecule has 0 N–H and O–H groups in total. The zero-order valence-electron chi connectivity index (χ0n) is 14.9. The lowest BCUT2D eigenvalue weighted by molar-refractivity contribution is 0.723. The van der Waals surface area contributed by atoms with E-state index in [1.165, 1.54) is 53.7 Å². The van der Waals surface area contributed by atoms with Gasteiger partial charge in [0, 0.05) is 5.55 Å². The minimum atomic E-state index is 1.01. The number of benzene rings is 2. The molecular formula is C21H27BNS. The highest BCUT2D eigenvalue weighted by Gasteiger charge is 1.99. The lowest BCUT2D eigenvalue weighted by Crippen LogP contribution is -1.88. The van der Waals surface area contributed by atoms with Gasteiger partial charge in [0.1, 0.15) is 0 Å². The summed E-state index contributed by atoms with van der Waals surface area (Å²) >= 11 is 1.82. The number of hydrogen-bond acceptors (Lipinski definition) is 2. The molecule has 0 aliphatic carbocycles. The first-order valence-corrected chi connectivity index (χ1v) is 9.95. The van der Waals surface area contributed by atoms with Gasteiger partial charge in [-0.05, 0) is 48.6 Å². The fraction of sp³-hybridized carbons (Fsp3) is 0.381. The zero-order valence-corrected chi connectivity index (χ0v) is 15.7. The number of nitrogens with zero attached hydrogens (tertiary/aromatic N) is 1. The molecule has 0 aliphatic rings. The Morgan fingerprint density at radius 2 is 1.58 bits per heavy atom. The molecule has 2 aromatic carbocycles. The third kappa shape index (κ3) is 6.96. The van der Waals surface area contributed by atoms with Crippen LogP contribution in [0, 0.1) is 6.92 Å². The monoisotopic (exact) mass is 336 g/mol. The summed E-state index contributed by atoms with van der Waals surface area (Å²) in [5.74, 6) is 1.17. The average molecular weight is 336 g/mol. The molecule has 24 heavy (non-hydrogen) atoms.